The lowest BCUT2D eigenvalue weighted by Crippen LogP contribution is -2.35. The molecule has 5 N–H and O–H groups in total. The van der Waals surface area contributed by atoms with Crippen LogP contribution in [0.15, 0.2) is 103 Å². The fraction of sp³-hybridized carbons (Fsp3) is 0.206. The Morgan fingerprint density at radius 2 is 1.29 bits per heavy atom. The van der Waals surface area contributed by atoms with Crippen LogP contribution in [0.5, 0.6) is 0 Å². The molecule has 1 saturated heterocycles. The second-order valence-electron chi connectivity index (χ2n) is 10.6. The number of amides is 1. The van der Waals surface area contributed by atoms with Gasteiger partial charge in [0.05, 0.1) is 12.7 Å². The number of hydrogen-bond donors (Lipinski definition) is 5. The second kappa shape index (κ2) is 12.4. The second-order valence-corrected chi connectivity index (χ2v) is 10.6. The fourth-order valence-electron chi connectivity index (χ4n) is 5.33. The molecule has 4 aromatic carbocycles. The predicted molar refractivity (Wildman–Crippen MR) is 170 cm³/mol. The van der Waals surface area contributed by atoms with Gasteiger partial charge in [-0.1, -0.05) is 0 Å². The molecule has 42 heavy (non-hydrogen) atoms. The number of carbonyl (C=O) groups excluding carboxylic acids is 1. The van der Waals surface area contributed by atoms with E-state index in [0.29, 0.717) is 17.8 Å². The molecule has 0 atom stereocenters. The van der Waals surface area contributed by atoms with Gasteiger partial charge in [-0.15, -0.1) is 0 Å². The zero-order valence-corrected chi connectivity index (χ0v) is 23.3. The van der Waals surface area contributed by atoms with Crippen LogP contribution in [0.1, 0.15) is 23.2 Å². The monoisotopic (exact) mass is 561 g/mol. The molecule has 0 unspecified atom stereocenters. The molecule has 6 rings (SSSR count). The van der Waals surface area contributed by atoms with E-state index in [1.54, 1.807) is 6.07 Å². The van der Waals surface area contributed by atoms with Crippen molar-refractivity contribution >= 4 is 50.9 Å². The highest BCUT2D eigenvalue weighted by Crippen LogP contribution is 2.26. The smallest absolute Gasteiger partial charge is 0.255 e. The van der Waals surface area contributed by atoms with E-state index in [2.05, 4.69) is 45.1 Å². The maximum absolute atomic E-state index is 12.8. The van der Waals surface area contributed by atoms with Gasteiger partial charge in [-0.2, -0.15) is 0 Å². The molecule has 5 aromatic rings. The first-order chi connectivity index (χ1) is 20.5. The van der Waals surface area contributed by atoms with Crippen LogP contribution in [0.4, 0.5) is 34.1 Å². The predicted octanol–water partition coefficient (Wildman–Crippen LogP) is 6.33. The number of benzene rings is 4. The molecule has 0 spiro atoms. The van der Waals surface area contributed by atoms with Crippen LogP contribution in [0.2, 0.25) is 0 Å². The molecule has 8 nitrogen and oxygen atoms in total. The third-order valence-electron chi connectivity index (χ3n) is 7.68. The van der Waals surface area contributed by atoms with Crippen molar-refractivity contribution in [2.24, 2.45) is 0 Å². The van der Waals surface area contributed by atoms with E-state index in [1.165, 1.54) is 5.69 Å². The van der Waals surface area contributed by atoms with E-state index in [0.717, 1.165) is 59.6 Å². The summed E-state index contributed by atoms with van der Waals surface area (Å²) >= 11 is 0. The minimum atomic E-state index is -0.170. The van der Waals surface area contributed by atoms with Crippen molar-refractivity contribution in [3.8, 4) is 0 Å². The zero-order valence-electron chi connectivity index (χ0n) is 23.3. The Bertz CT molecular complexity index is 1640. The molecule has 0 bridgehead atoms. The summed E-state index contributed by atoms with van der Waals surface area (Å²) < 4.78 is 1.97. The molecule has 0 aliphatic carbocycles. The van der Waals surface area contributed by atoms with E-state index in [1.807, 2.05) is 77.5 Å². The van der Waals surface area contributed by atoms with Crippen molar-refractivity contribution in [1.29, 1.82) is 0 Å². The molecule has 0 saturated carbocycles. The van der Waals surface area contributed by atoms with Gasteiger partial charge in [0.2, 0.25) is 0 Å². The number of aliphatic hydroxyl groups is 2. The topological polar surface area (TPSA) is 102 Å². The van der Waals surface area contributed by atoms with Crippen molar-refractivity contribution in [3.05, 3.63) is 109 Å². The van der Waals surface area contributed by atoms with Crippen LogP contribution in [0.3, 0.4) is 0 Å². The molecule has 2 heterocycles. The van der Waals surface area contributed by atoms with Crippen LogP contribution in [-0.2, 0) is 6.54 Å². The molecular weight excluding hydrogens is 526 g/mol. The quantitative estimate of drug-likeness (QED) is 0.144. The number of nitrogens with zero attached hydrogens (tertiary/aromatic N) is 2. The van der Waals surface area contributed by atoms with Gasteiger partial charge in [0.15, 0.2) is 0 Å². The molecule has 8 heteroatoms. The van der Waals surface area contributed by atoms with E-state index < -0.39 is 0 Å². The minimum Gasteiger partial charge on any atom is -0.395 e. The first-order valence-electron chi connectivity index (χ1n) is 14.3. The van der Waals surface area contributed by atoms with E-state index in [-0.39, 0.29) is 18.6 Å². The molecule has 1 amide bonds. The summed E-state index contributed by atoms with van der Waals surface area (Å²) in [7, 11) is 0. The van der Waals surface area contributed by atoms with Crippen LogP contribution < -0.4 is 20.9 Å². The summed E-state index contributed by atoms with van der Waals surface area (Å²) in [5.41, 5.74) is 7.37. The first-order valence-corrected chi connectivity index (χ1v) is 14.3. The van der Waals surface area contributed by atoms with Crippen molar-refractivity contribution < 1.29 is 15.0 Å². The summed E-state index contributed by atoms with van der Waals surface area (Å²) in [6.07, 6.45) is 3.39. The fourth-order valence-corrected chi connectivity index (χ4v) is 5.33. The van der Waals surface area contributed by atoms with Gasteiger partial charge in [0.25, 0.3) is 5.91 Å². The lowest BCUT2D eigenvalue weighted by Gasteiger charge is -2.31. The van der Waals surface area contributed by atoms with Crippen LogP contribution >= 0.6 is 0 Å². The van der Waals surface area contributed by atoms with Gasteiger partial charge in [0, 0.05) is 76.4 Å². The van der Waals surface area contributed by atoms with E-state index >= 15 is 0 Å². The third kappa shape index (κ3) is 6.40. The highest BCUT2D eigenvalue weighted by Gasteiger charge is 2.17. The number of nitrogens with one attached hydrogen (secondary N) is 3. The molecule has 214 valence electrons. The number of anilines is 6. The molecular formula is C34H35N5O3. The van der Waals surface area contributed by atoms with Gasteiger partial charge in [-0.3, -0.25) is 4.79 Å². The van der Waals surface area contributed by atoms with Crippen LogP contribution in [0, 0.1) is 0 Å². The van der Waals surface area contributed by atoms with Crippen molar-refractivity contribution in [2.45, 2.75) is 25.5 Å². The first kappa shape index (κ1) is 27.4. The normalized spacial score (nSPS) is 13.7. The minimum absolute atomic E-state index is 0.0713. The Balaban J connectivity index is 1.02. The largest absolute Gasteiger partial charge is 0.395 e. The lowest BCUT2D eigenvalue weighted by molar-refractivity contribution is 0.102. The summed E-state index contributed by atoms with van der Waals surface area (Å²) in [6, 6.07) is 31.7. The molecule has 1 aliphatic rings. The summed E-state index contributed by atoms with van der Waals surface area (Å²) in [6.45, 7) is 2.37. The van der Waals surface area contributed by atoms with E-state index in [9.17, 15) is 15.0 Å². The maximum Gasteiger partial charge on any atom is 0.255 e. The maximum atomic E-state index is 12.8. The van der Waals surface area contributed by atoms with Gasteiger partial charge in [0.1, 0.15) is 0 Å². The van der Waals surface area contributed by atoms with Crippen LogP contribution in [0.25, 0.3) is 10.9 Å². The highest BCUT2D eigenvalue weighted by molar-refractivity contribution is 6.06. The average Bonchev–Trinajstić information content (AvgIpc) is 3.42. The van der Waals surface area contributed by atoms with Crippen molar-refractivity contribution in [3.63, 3.8) is 0 Å². The Kier molecular flexibility index (Phi) is 8.07. The van der Waals surface area contributed by atoms with Gasteiger partial charge in [-0.25, -0.2) is 0 Å². The Labute approximate surface area is 245 Å². The third-order valence-corrected chi connectivity index (χ3v) is 7.68. The Morgan fingerprint density at radius 3 is 1.86 bits per heavy atom. The van der Waals surface area contributed by atoms with Gasteiger partial charge < -0.3 is 35.6 Å². The van der Waals surface area contributed by atoms with Gasteiger partial charge in [-0.05, 0) is 110 Å². The number of rotatable bonds is 9. The summed E-state index contributed by atoms with van der Waals surface area (Å²) in [4.78, 5) is 15.2. The number of piperidine rings is 1. The highest BCUT2D eigenvalue weighted by atomic mass is 16.3. The standard InChI is InChI=1S/C34H35N5O3/c40-22-21-39-18-15-24-23-25(1-14-33(24)39)34(42)37-30-8-6-28(7-9-30)35-26-2-4-27(5-3-26)36-29-10-12-31(13-11-29)38-19-16-32(41)17-20-38/h1-15,18,23,32,35-36,40-41H,16-17,19-22H2,(H,37,42). The number of hydrogen-bond acceptors (Lipinski definition) is 6. The zero-order chi connectivity index (χ0) is 28.9. The lowest BCUT2D eigenvalue weighted by atomic mass is 10.1. The van der Waals surface area contributed by atoms with Crippen molar-refractivity contribution in [2.75, 3.05) is 40.5 Å². The molecule has 1 aromatic heterocycles. The van der Waals surface area contributed by atoms with Crippen molar-refractivity contribution in [1.82, 2.24) is 4.57 Å². The molecule has 1 fully saturated rings. The molecule has 0 radical (unpaired) electrons. The average molecular weight is 562 g/mol. The molecule has 1 aliphatic heterocycles. The summed E-state index contributed by atoms with van der Waals surface area (Å²) in [5.74, 6) is -0.170. The summed E-state index contributed by atoms with van der Waals surface area (Å²) in [5, 5.41) is 29.7. The Morgan fingerprint density at radius 1 is 0.738 bits per heavy atom. The van der Waals surface area contributed by atoms with Crippen LogP contribution in [-0.4, -0.2) is 46.5 Å². The number of aliphatic hydroxyl groups excluding tert-OH is 2. The number of carbonyl (C=O) groups is 1. The SMILES string of the molecule is O=C(Nc1ccc(Nc2ccc(Nc3ccc(N4CCC(O)CC4)cc3)cc2)cc1)c1ccc2c(ccn2CCO)c1. The number of aromatic nitrogens is 1. The van der Waals surface area contributed by atoms with E-state index in [4.69, 9.17) is 0 Å². The number of fused-ring (bicyclic) bond motifs is 1. The van der Waals surface area contributed by atoms with Gasteiger partial charge >= 0.3 is 0 Å². The Hall–Kier alpha value is -4.79.